The average molecular weight is 207 g/mol. The van der Waals surface area contributed by atoms with Crippen molar-refractivity contribution in [1.29, 1.82) is 0 Å². The van der Waals surface area contributed by atoms with E-state index in [4.69, 9.17) is 16.3 Å². The van der Waals surface area contributed by atoms with Crippen molar-refractivity contribution in [2.45, 2.75) is 12.8 Å². The van der Waals surface area contributed by atoms with Crippen LogP contribution in [0.3, 0.4) is 0 Å². The minimum Gasteiger partial charge on any atom is -0.486 e. The molecule has 0 amide bonds. The van der Waals surface area contributed by atoms with Crippen molar-refractivity contribution in [2.75, 3.05) is 6.61 Å². The van der Waals surface area contributed by atoms with E-state index < -0.39 is 12.5 Å². The molecule has 0 saturated heterocycles. The lowest BCUT2D eigenvalue weighted by atomic mass is 10.3. The van der Waals surface area contributed by atoms with Crippen molar-refractivity contribution in [2.24, 2.45) is 0 Å². The van der Waals surface area contributed by atoms with Crippen LogP contribution in [0, 0.1) is 0 Å². The summed E-state index contributed by atoms with van der Waals surface area (Å²) in [6.45, 7) is 0.139. The zero-order chi connectivity index (χ0) is 9.90. The molecule has 0 atom stereocenters. The maximum Gasteiger partial charge on any atom is 0.278 e. The van der Waals surface area contributed by atoms with Gasteiger partial charge in [-0.05, 0) is 12.1 Å². The van der Waals surface area contributed by atoms with E-state index in [-0.39, 0.29) is 5.75 Å². The van der Waals surface area contributed by atoms with E-state index in [2.05, 4.69) is 0 Å². The first-order chi connectivity index (χ1) is 5.99. The quantitative estimate of drug-likeness (QED) is 0.737. The predicted molar refractivity (Wildman–Crippen MR) is 47.6 cm³/mol. The molecule has 4 heteroatoms. The Morgan fingerprint density at radius 2 is 2.00 bits per heavy atom. The molecule has 72 valence electrons. The number of ether oxygens (including phenoxy) is 1. The third-order valence-electron chi connectivity index (χ3n) is 1.32. The van der Waals surface area contributed by atoms with Gasteiger partial charge in [0.05, 0.1) is 5.02 Å². The minimum atomic E-state index is -2.83. The second-order valence-electron chi connectivity index (χ2n) is 2.79. The Morgan fingerprint density at radius 3 is 2.54 bits per heavy atom. The molecule has 0 spiro atoms. The number of alkyl halides is 2. The molecule has 1 aromatic rings. The molecule has 1 rings (SSSR count). The summed E-state index contributed by atoms with van der Waals surface area (Å²) < 4.78 is 29.6. The van der Waals surface area contributed by atoms with Crippen LogP contribution in [0.5, 0.6) is 5.75 Å². The van der Waals surface area contributed by atoms with Crippen LogP contribution in [0.15, 0.2) is 24.3 Å². The number of benzene rings is 1. The molecule has 1 aromatic carbocycles. The normalized spacial score (nSPS) is 11.4. The fourth-order valence-corrected chi connectivity index (χ4v) is 0.957. The van der Waals surface area contributed by atoms with Gasteiger partial charge in [-0.3, -0.25) is 0 Å². The van der Waals surface area contributed by atoms with Crippen LogP contribution >= 0.6 is 11.6 Å². The van der Waals surface area contributed by atoms with E-state index in [0.717, 1.165) is 6.92 Å². The molecular weight excluding hydrogens is 198 g/mol. The van der Waals surface area contributed by atoms with Crippen LogP contribution in [0.4, 0.5) is 8.78 Å². The van der Waals surface area contributed by atoms with E-state index in [0.29, 0.717) is 5.02 Å². The van der Waals surface area contributed by atoms with Gasteiger partial charge in [0.2, 0.25) is 0 Å². The summed E-state index contributed by atoms with van der Waals surface area (Å²) in [4.78, 5) is 0. The first-order valence-corrected chi connectivity index (χ1v) is 4.12. The zero-order valence-electron chi connectivity index (χ0n) is 7.06. The van der Waals surface area contributed by atoms with E-state index in [1.54, 1.807) is 24.3 Å². The highest BCUT2D eigenvalue weighted by Crippen LogP contribution is 2.24. The Hall–Kier alpha value is -0.830. The van der Waals surface area contributed by atoms with Gasteiger partial charge in [0, 0.05) is 6.92 Å². The van der Waals surface area contributed by atoms with Crippen molar-refractivity contribution >= 4 is 11.6 Å². The molecule has 0 saturated carbocycles. The summed E-state index contributed by atoms with van der Waals surface area (Å²) in [7, 11) is 0. The Bertz CT molecular complexity index is 283. The number of hydrogen-bond acceptors (Lipinski definition) is 1. The van der Waals surface area contributed by atoms with Crippen LogP contribution in [0.1, 0.15) is 6.92 Å². The number of halogens is 3. The van der Waals surface area contributed by atoms with E-state index in [9.17, 15) is 8.78 Å². The molecule has 1 nitrogen and oxygen atoms in total. The summed E-state index contributed by atoms with van der Waals surface area (Å²) in [5.74, 6) is -2.55. The summed E-state index contributed by atoms with van der Waals surface area (Å²) in [5, 5.41) is 0.340. The second-order valence-corrected chi connectivity index (χ2v) is 3.20. The van der Waals surface area contributed by atoms with Crippen molar-refractivity contribution in [3.63, 3.8) is 0 Å². The molecular formula is C9H9ClF2O. The third kappa shape index (κ3) is 3.59. The van der Waals surface area contributed by atoms with Crippen LogP contribution in [0.2, 0.25) is 5.02 Å². The molecule has 0 N–H and O–H groups in total. The summed E-state index contributed by atoms with van der Waals surface area (Å²) >= 11 is 5.68. The monoisotopic (exact) mass is 206 g/mol. The highest BCUT2D eigenvalue weighted by atomic mass is 35.5. The van der Waals surface area contributed by atoms with Gasteiger partial charge in [0.25, 0.3) is 5.92 Å². The summed E-state index contributed by atoms with van der Waals surface area (Å²) in [6, 6.07) is 6.52. The Morgan fingerprint density at radius 1 is 1.38 bits per heavy atom. The minimum absolute atomic E-state index is 0.283. The van der Waals surface area contributed by atoms with Crippen molar-refractivity contribution in [3.8, 4) is 5.75 Å². The molecule has 0 aliphatic rings. The predicted octanol–water partition coefficient (Wildman–Crippen LogP) is 3.37. The molecule has 0 bridgehead atoms. The van der Waals surface area contributed by atoms with Gasteiger partial charge < -0.3 is 4.74 Å². The molecule has 0 heterocycles. The summed E-state index contributed by atoms with van der Waals surface area (Å²) in [6.07, 6.45) is 0. The van der Waals surface area contributed by atoms with Crippen molar-refractivity contribution < 1.29 is 13.5 Å². The van der Waals surface area contributed by atoms with Gasteiger partial charge in [-0.25, -0.2) is 8.78 Å². The van der Waals surface area contributed by atoms with Crippen LogP contribution in [-0.2, 0) is 0 Å². The highest BCUT2D eigenvalue weighted by molar-refractivity contribution is 6.32. The zero-order valence-corrected chi connectivity index (χ0v) is 7.81. The van der Waals surface area contributed by atoms with Crippen molar-refractivity contribution in [3.05, 3.63) is 29.3 Å². The van der Waals surface area contributed by atoms with Gasteiger partial charge >= 0.3 is 0 Å². The van der Waals surface area contributed by atoms with Gasteiger partial charge in [0.1, 0.15) is 5.75 Å². The maximum absolute atomic E-state index is 12.4. The molecule has 0 aliphatic heterocycles. The fourth-order valence-electron chi connectivity index (χ4n) is 0.766. The van der Waals surface area contributed by atoms with Gasteiger partial charge in [0.15, 0.2) is 6.61 Å². The molecule has 0 unspecified atom stereocenters. The van der Waals surface area contributed by atoms with E-state index >= 15 is 0 Å². The van der Waals surface area contributed by atoms with Crippen molar-refractivity contribution in [1.82, 2.24) is 0 Å². The molecule has 13 heavy (non-hydrogen) atoms. The van der Waals surface area contributed by atoms with Gasteiger partial charge in [-0.1, -0.05) is 23.7 Å². The number of hydrogen-bond donors (Lipinski definition) is 0. The van der Waals surface area contributed by atoms with Gasteiger partial charge in [-0.15, -0.1) is 0 Å². The number of para-hydroxylation sites is 1. The SMILES string of the molecule is CC(F)(F)COc1ccccc1Cl. The van der Waals surface area contributed by atoms with E-state index in [1.165, 1.54) is 0 Å². The van der Waals surface area contributed by atoms with Crippen LogP contribution in [-0.4, -0.2) is 12.5 Å². The highest BCUT2D eigenvalue weighted by Gasteiger charge is 2.22. The first-order valence-electron chi connectivity index (χ1n) is 3.74. The third-order valence-corrected chi connectivity index (χ3v) is 1.63. The second kappa shape index (κ2) is 3.92. The average Bonchev–Trinajstić information content (AvgIpc) is 2.01. The van der Waals surface area contributed by atoms with Gasteiger partial charge in [-0.2, -0.15) is 0 Å². The lowest BCUT2D eigenvalue weighted by Gasteiger charge is -2.12. The first kappa shape index (κ1) is 10.3. The topological polar surface area (TPSA) is 9.23 Å². The lowest BCUT2D eigenvalue weighted by Crippen LogP contribution is -2.20. The summed E-state index contributed by atoms with van der Waals surface area (Å²) in [5.41, 5.74) is 0. The molecule has 0 radical (unpaired) electrons. The number of rotatable bonds is 3. The Kier molecular flexibility index (Phi) is 3.09. The fraction of sp³-hybridized carbons (Fsp3) is 0.333. The molecule has 0 aromatic heterocycles. The standard InChI is InChI=1S/C9H9ClF2O/c1-9(11,12)6-13-8-5-3-2-4-7(8)10/h2-5H,6H2,1H3. The van der Waals surface area contributed by atoms with Crippen LogP contribution < -0.4 is 4.74 Å². The Balaban J connectivity index is 2.60. The molecule has 0 aliphatic carbocycles. The van der Waals surface area contributed by atoms with E-state index in [1.807, 2.05) is 0 Å². The largest absolute Gasteiger partial charge is 0.486 e. The molecule has 0 fully saturated rings. The smallest absolute Gasteiger partial charge is 0.278 e. The van der Waals surface area contributed by atoms with Crippen LogP contribution in [0.25, 0.3) is 0 Å². The Labute approximate surface area is 80.3 Å². The maximum atomic E-state index is 12.4. The lowest BCUT2D eigenvalue weighted by molar-refractivity contribution is -0.0229.